The van der Waals surface area contributed by atoms with Gasteiger partial charge in [0.15, 0.2) is 0 Å². The van der Waals surface area contributed by atoms with Gasteiger partial charge in [0.25, 0.3) is 0 Å². The quantitative estimate of drug-likeness (QED) is 0.872. The highest BCUT2D eigenvalue weighted by Gasteiger charge is 2.42. The Kier molecular flexibility index (Phi) is 4.24. The van der Waals surface area contributed by atoms with E-state index in [9.17, 15) is 14.7 Å². The molecule has 0 unspecified atom stereocenters. The van der Waals surface area contributed by atoms with E-state index in [2.05, 4.69) is 5.32 Å². The number of hydrogen-bond donors (Lipinski definition) is 2. The average molecular weight is 281 g/mol. The van der Waals surface area contributed by atoms with Crippen molar-refractivity contribution >= 4 is 23.2 Å². The SMILES string of the molecule is Cc1cscc1CNC(=O)CC1(C(=O)O)CCCC1. The van der Waals surface area contributed by atoms with E-state index in [4.69, 9.17) is 0 Å². The maximum Gasteiger partial charge on any atom is 0.310 e. The number of thiophene rings is 1. The average Bonchev–Trinajstić information content (AvgIpc) is 2.97. The molecule has 0 bridgehead atoms. The lowest BCUT2D eigenvalue weighted by Crippen LogP contribution is -2.35. The summed E-state index contributed by atoms with van der Waals surface area (Å²) in [6.07, 6.45) is 3.15. The number of carbonyl (C=O) groups excluding carboxylic acids is 1. The van der Waals surface area contributed by atoms with Crippen molar-refractivity contribution in [3.8, 4) is 0 Å². The van der Waals surface area contributed by atoms with Gasteiger partial charge >= 0.3 is 5.97 Å². The summed E-state index contributed by atoms with van der Waals surface area (Å²) in [5.41, 5.74) is 1.45. The first kappa shape index (κ1) is 14.1. The second-order valence-electron chi connectivity index (χ2n) is 5.33. The van der Waals surface area contributed by atoms with Crippen LogP contribution in [0.5, 0.6) is 0 Å². The molecule has 0 spiro atoms. The van der Waals surface area contributed by atoms with E-state index in [1.165, 1.54) is 5.56 Å². The van der Waals surface area contributed by atoms with Crippen LogP contribution in [0.15, 0.2) is 10.8 Å². The lowest BCUT2D eigenvalue weighted by atomic mass is 9.82. The molecule has 104 valence electrons. The molecular weight excluding hydrogens is 262 g/mol. The van der Waals surface area contributed by atoms with E-state index in [0.717, 1.165) is 18.4 Å². The summed E-state index contributed by atoms with van der Waals surface area (Å²) in [4.78, 5) is 23.3. The second-order valence-corrected chi connectivity index (χ2v) is 6.07. The van der Waals surface area contributed by atoms with E-state index >= 15 is 0 Å². The van der Waals surface area contributed by atoms with E-state index in [0.29, 0.717) is 19.4 Å². The molecule has 19 heavy (non-hydrogen) atoms. The number of aryl methyl sites for hydroxylation is 1. The van der Waals surface area contributed by atoms with E-state index in [-0.39, 0.29) is 12.3 Å². The van der Waals surface area contributed by atoms with E-state index in [1.807, 2.05) is 17.7 Å². The molecule has 1 amide bonds. The van der Waals surface area contributed by atoms with Crippen LogP contribution in [0.3, 0.4) is 0 Å². The molecule has 1 aromatic heterocycles. The fourth-order valence-electron chi connectivity index (χ4n) is 2.65. The molecule has 1 heterocycles. The fraction of sp³-hybridized carbons (Fsp3) is 0.571. The van der Waals surface area contributed by atoms with Crippen LogP contribution >= 0.6 is 11.3 Å². The smallest absolute Gasteiger partial charge is 0.310 e. The number of carboxylic acids is 1. The normalized spacial score (nSPS) is 17.3. The summed E-state index contributed by atoms with van der Waals surface area (Å²) in [6, 6.07) is 0. The van der Waals surface area contributed by atoms with Crippen LogP contribution in [0.2, 0.25) is 0 Å². The summed E-state index contributed by atoms with van der Waals surface area (Å²) >= 11 is 1.61. The number of nitrogens with one attached hydrogen (secondary N) is 1. The molecular formula is C14H19NO3S. The zero-order valence-corrected chi connectivity index (χ0v) is 11.9. The van der Waals surface area contributed by atoms with Crippen LogP contribution in [0, 0.1) is 12.3 Å². The number of aliphatic carboxylic acids is 1. The Morgan fingerprint density at radius 1 is 1.37 bits per heavy atom. The predicted molar refractivity (Wildman–Crippen MR) is 74.1 cm³/mol. The molecule has 2 rings (SSSR count). The zero-order chi connectivity index (χ0) is 13.9. The topological polar surface area (TPSA) is 66.4 Å². The molecule has 4 nitrogen and oxygen atoms in total. The van der Waals surface area contributed by atoms with Crippen LogP contribution in [0.4, 0.5) is 0 Å². The third-order valence-electron chi connectivity index (χ3n) is 3.95. The van der Waals surface area contributed by atoms with Gasteiger partial charge in [0.2, 0.25) is 5.91 Å². The molecule has 1 aromatic rings. The molecule has 0 atom stereocenters. The van der Waals surface area contributed by atoms with Crippen LogP contribution < -0.4 is 5.32 Å². The third-order valence-corrected chi connectivity index (χ3v) is 4.86. The summed E-state index contributed by atoms with van der Waals surface area (Å²) in [5.74, 6) is -0.984. The summed E-state index contributed by atoms with van der Waals surface area (Å²) < 4.78 is 0. The van der Waals surface area contributed by atoms with Gasteiger partial charge in [0, 0.05) is 13.0 Å². The van der Waals surface area contributed by atoms with Crippen molar-refractivity contribution in [1.82, 2.24) is 5.32 Å². The standard InChI is InChI=1S/C14H19NO3S/c1-10-8-19-9-11(10)7-15-12(16)6-14(13(17)18)4-2-3-5-14/h8-9H,2-7H2,1H3,(H,15,16)(H,17,18). The number of hydrogen-bond acceptors (Lipinski definition) is 3. The Morgan fingerprint density at radius 2 is 2.05 bits per heavy atom. The van der Waals surface area contributed by atoms with Gasteiger partial charge in [-0.05, 0) is 41.7 Å². The van der Waals surface area contributed by atoms with Crippen molar-refractivity contribution in [2.45, 2.75) is 45.6 Å². The van der Waals surface area contributed by atoms with Gasteiger partial charge in [0.1, 0.15) is 0 Å². The summed E-state index contributed by atoms with van der Waals surface area (Å²) in [6.45, 7) is 2.50. The van der Waals surface area contributed by atoms with Gasteiger partial charge in [0.05, 0.1) is 5.41 Å². The molecule has 1 fully saturated rings. The van der Waals surface area contributed by atoms with Crippen molar-refractivity contribution in [1.29, 1.82) is 0 Å². The Labute approximate surface area is 116 Å². The molecule has 0 radical (unpaired) electrons. The van der Waals surface area contributed by atoms with Gasteiger partial charge < -0.3 is 10.4 Å². The Bertz CT molecular complexity index is 475. The first-order valence-electron chi connectivity index (χ1n) is 6.55. The predicted octanol–water partition coefficient (Wildman–Crippen LogP) is 2.71. The van der Waals surface area contributed by atoms with E-state index < -0.39 is 11.4 Å². The maximum absolute atomic E-state index is 11.9. The van der Waals surface area contributed by atoms with Gasteiger partial charge in [-0.1, -0.05) is 12.8 Å². The lowest BCUT2D eigenvalue weighted by Gasteiger charge is -2.22. The second kappa shape index (κ2) is 5.74. The molecule has 0 saturated heterocycles. The summed E-state index contributed by atoms with van der Waals surface area (Å²) in [7, 11) is 0. The molecule has 1 saturated carbocycles. The Balaban J connectivity index is 1.90. The van der Waals surface area contributed by atoms with Gasteiger partial charge in [-0.2, -0.15) is 11.3 Å². The molecule has 1 aliphatic rings. The Hall–Kier alpha value is -1.36. The highest BCUT2D eigenvalue weighted by atomic mass is 32.1. The number of rotatable bonds is 5. The molecule has 0 aromatic carbocycles. The van der Waals surface area contributed by atoms with Gasteiger partial charge in [-0.25, -0.2) is 0 Å². The van der Waals surface area contributed by atoms with Crippen LogP contribution in [0.1, 0.15) is 43.2 Å². The summed E-state index contributed by atoms with van der Waals surface area (Å²) in [5, 5.41) is 16.2. The molecule has 2 N–H and O–H groups in total. The first-order chi connectivity index (χ1) is 9.03. The van der Waals surface area contributed by atoms with Crippen molar-refractivity contribution in [2.24, 2.45) is 5.41 Å². The monoisotopic (exact) mass is 281 g/mol. The highest BCUT2D eigenvalue weighted by molar-refractivity contribution is 7.08. The minimum absolute atomic E-state index is 0.103. The lowest BCUT2D eigenvalue weighted by molar-refractivity contribution is -0.151. The molecule has 1 aliphatic carbocycles. The maximum atomic E-state index is 11.9. The number of carboxylic acid groups (broad SMARTS) is 1. The van der Waals surface area contributed by atoms with Crippen molar-refractivity contribution < 1.29 is 14.7 Å². The number of carbonyl (C=O) groups is 2. The highest BCUT2D eigenvalue weighted by Crippen LogP contribution is 2.41. The number of amides is 1. The minimum Gasteiger partial charge on any atom is -0.481 e. The van der Waals surface area contributed by atoms with Gasteiger partial charge in [-0.3, -0.25) is 9.59 Å². The zero-order valence-electron chi connectivity index (χ0n) is 11.1. The van der Waals surface area contributed by atoms with Gasteiger partial charge in [-0.15, -0.1) is 0 Å². The molecule has 5 heteroatoms. The van der Waals surface area contributed by atoms with E-state index in [1.54, 1.807) is 11.3 Å². The third kappa shape index (κ3) is 3.15. The van der Waals surface area contributed by atoms with Crippen molar-refractivity contribution in [3.05, 3.63) is 21.9 Å². The molecule has 0 aliphatic heterocycles. The van der Waals surface area contributed by atoms with Crippen molar-refractivity contribution in [3.63, 3.8) is 0 Å². The first-order valence-corrected chi connectivity index (χ1v) is 7.49. The van der Waals surface area contributed by atoms with Crippen molar-refractivity contribution in [2.75, 3.05) is 0 Å². The Morgan fingerprint density at radius 3 is 2.58 bits per heavy atom. The minimum atomic E-state index is -0.827. The largest absolute Gasteiger partial charge is 0.481 e. The van der Waals surface area contributed by atoms with Crippen LogP contribution in [-0.4, -0.2) is 17.0 Å². The fourth-order valence-corrected chi connectivity index (χ4v) is 3.51. The van der Waals surface area contributed by atoms with Crippen LogP contribution in [0.25, 0.3) is 0 Å². The van der Waals surface area contributed by atoms with Crippen LogP contribution in [-0.2, 0) is 16.1 Å².